The van der Waals surface area contributed by atoms with Gasteiger partial charge in [-0.15, -0.1) is 13.2 Å². The number of carbonyl (C=O) groups excluding carboxylic acids is 1. The van der Waals surface area contributed by atoms with Gasteiger partial charge in [-0.3, -0.25) is 9.53 Å². The van der Waals surface area contributed by atoms with E-state index in [1.807, 2.05) is 0 Å². The zero-order valence-corrected chi connectivity index (χ0v) is 20.6. The predicted molar refractivity (Wildman–Crippen MR) is 122 cm³/mol. The molecule has 0 unspecified atom stereocenters. The van der Waals surface area contributed by atoms with E-state index in [1.54, 1.807) is 4.90 Å². The lowest BCUT2D eigenvalue weighted by Crippen LogP contribution is -2.45. The summed E-state index contributed by atoms with van der Waals surface area (Å²) >= 11 is 0. The summed E-state index contributed by atoms with van der Waals surface area (Å²) < 4.78 is 110. The molecule has 2 atom stereocenters. The summed E-state index contributed by atoms with van der Waals surface area (Å²) in [6.07, 6.45) is -6.69. The Hall–Kier alpha value is -2.91. The molecular weight excluding hydrogens is 542 g/mol. The molecule has 2 fully saturated rings. The van der Waals surface area contributed by atoms with Gasteiger partial charge in [0.1, 0.15) is 29.7 Å². The van der Waals surface area contributed by atoms with Gasteiger partial charge in [-0.25, -0.2) is 26.6 Å². The molecule has 0 aliphatic carbocycles. The van der Waals surface area contributed by atoms with Crippen LogP contribution in [0.15, 0.2) is 41.4 Å². The van der Waals surface area contributed by atoms with Crippen LogP contribution in [0.5, 0.6) is 0 Å². The normalized spacial score (nSPS) is 21.6. The number of nitrogens with one attached hydrogen (secondary N) is 1. The van der Waals surface area contributed by atoms with Gasteiger partial charge in [0.15, 0.2) is 0 Å². The summed E-state index contributed by atoms with van der Waals surface area (Å²) in [5, 5.41) is 2.42. The van der Waals surface area contributed by atoms with E-state index < -0.39 is 65.2 Å². The third-order valence-electron chi connectivity index (χ3n) is 6.37. The maximum atomic E-state index is 14.4. The molecule has 4 rings (SSSR count). The highest BCUT2D eigenvalue weighted by molar-refractivity contribution is 7.89. The molecule has 1 aromatic heterocycles. The van der Waals surface area contributed by atoms with Crippen molar-refractivity contribution < 1.29 is 44.3 Å². The van der Waals surface area contributed by atoms with Crippen LogP contribution >= 0.6 is 0 Å². The number of piperidine rings is 1. The van der Waals surface area contributed by atoms with Crippen molar-refractivity contribution in [3.63, 3.8) is 0 Å². The Balaban J connectivity index is 1.41. The maximum Gasteiger partial charge on any atom is 0.522 e. The fourth-order valence-electron chi connectivity index (χ4n) is 4.47. The summed E-state index contributed by atoms with van der Waals surface area (Å²) in [7, 11) is -4.32. The van der Waals surface area contributed by atoms with E-state index in [0.29, 0.717) is 4.31 Å². The molecule has 0 bridgehead atoms. The lowest BCUT2D eigenvalue weighted by Gasteiger charge is -2.33. The molecule has 0 saturated carbocycles. The number of hydrogen-bond acceptors (Lipinski definition) is 6. The van der Waals surface area contributed by atoms with Gasteiger partial charge in [0.25, 0.3) is 0 Å². The van der Waals surface area contributed by atoms with Crippen molar-refractivity contribution in [1.82, 2.24) is 14.6 Å². The van der Waals surface area contributed by atoms with E-state index in [9.17, 15) is 39.6 Å². The number of alkyl halides is 4. The van der Waals surface area contributed by atoms with Gasteiger partial charge in [-0.2, -0.15) is 4.31 Å². The highest BCUT2D eigenvalue weighted by atomic mass is 32.2. The minimum atomic E-state index is -4.73. The third kappa shape index (κ3) is 6.56. The summed E-state index contributed by atoms with van der Waals surface area (Å²) in [5.74, 6) is -2.00. The van der Waals surface area contributed by atoms with Crippen LogP contribution in [-0.4, -0.2) is 67.9 Å². The van der Waals surface area contributed by atoms with Crippen molar-refractivity contribution in [1.29, 1.82) is 0 Å². The molecule has 0 radical (unpaired) electrons. The Labute approximate surface area is 214 Å². The van der Waals surface area contributed by atoms with Crippen molar-refractivity contribution >= 4 is 21.7 Å². The van der Waals surface area contributed by atoms with Crippen LogP contribution in [0.3, 0.4) is 0 Å². The number of nitrogens with zero attached hydrogens (tertiary/aromatic N) is 3. The number of sulfonamides is 1. The number of rotatable bonds is 7. The lowest BCUT2D eigenvalue weighted by atomic mass is 10.1. The molecule has 2 aromatic rings. The molecule has 1 amide bonds. The number of halogens is 6. The monoisotopic (exact) mass is 566 g/mol. The maximum absolute atomic E-state index is 14.4. The Morgan fingerprint density at radius 2 is 1.79 bits per heavy atom. The average Bonchev–Trinajstić information content (AvgIpc) is 3.26. The predicted octanol–water partition coefficient (Wildman–Crippen LogP) is 3.28. The second-order valence-corrected chi connectivity index (χ2v) is 10.9. The van der Waals surface area contributed by atoms with Gasteiger partial charge in [0, 0.05) is 38.2 Å². The first kappa shape index (κ1) is 28.1. The molecule has 38 heavy (non-hydrogen) atoms. The Morgan fingerprint density at radius 1 is 1.13 bits per heavy atom. The molecule has 3 heterocycles. The number of ether oxygens (including phenoxy) is 1. The van der Waals surface area contributed by atoms with Crippen LogP contribution in [0.25, 0.3) is 0 Å². The third-order valence-corrected chi connectivity index (χ3v) is 8.26. The number of aromatic nitrogens is 1. The number of amides is 1. The van der Waals surface area contributed by atoms with E-state index in [2.05, 4.69) is 15.0 Å². The fourth-order valence-corrected chi connectivity index (χ4v) is 6.10. The van der Waals surface area contributed by atoms with E-state index >= 15 is 0 Å². The molecule has 8 nitrogen and oxygen atoms in total. The molecule has 1 aromatic carbocycles. The first-order valence-electron chi connectivity index (χ1n) is 11.7. The van der Waals surface area contributed by atoms with E-state index in [4.69, 9.17) is 0 Å². The van der Waals surface area contributed by atoms with Gasteiger partial charge in [0.05, 0.1) is 17.2 Å². The summed E-state index contributed by atoms with van der Waals surface area (Å²) in [4.78, 5) is 18.2. The molecule has 208 valence electrons. The Bertz CT molecular complexity index is 1250. The fraction of sp³-hybridized carbons (Fsp3) is 0.478. The van der Waals surface area contributed by atoms with Crippen LogP contribution in [0, 0.1) is 11.6 Å². The van der Waals surface area contributed by atoms with E-state index in [1.165, 1.54) is 6.07 Å². The first-order chi connectivity index (χ1) is 17.8. The topological polar surface area (TPSA) is 91.8 Å². The van der Waals surface area contributed by atoms with Crippen molar-refractivity contribution in [3.05, 3.63) is 53.7 Å². The van der Waals surface area contributed by atoms with Crippen molar-refractivity contribution in [2.75, 3.05) is 24.5 Å². The Morgan fingerprint density at radius 3 is 2.42 bits per heavy atom. The molecule has 0 spiro atoms. The smallest absolute Gasteiger partial charge is 0.356 e. The molecule has 1 N–H and O–H groups in total. The first-order valence-corrected chi connectivity index (χ1v) is 13.1. The number of hydrogen-bond donors (Lipinski definition) is 1. The highest BCUT2D eigenvalue weighted by Gasteiger charge is 2.44. The van der Waals surface area contributed by atoms with Gasteiger partial charge >= 0.3 is 6.36 Å². The molecule has 2 aliphatic rings. The second-order valence-electron chi connectivity index (χ2n) is 8.98. The minimum Gasteiger partial charge on any atom is -0.356 e. The standard InChI is InChI=1S/C23H24F6N4O4S/c24-15-1-3-18(4-2-15)38(35,36)33-13-16(25)10-20(33)22(34)31-11-14-9-21(30-12-19(14)26)32-7-5-17(6-8-32)37-23(27,28)29/h1-4,9,12,16-17,20H,5-8,10-11,13H2,(H,31,34)/t16-,20+/m1/s1. The quantitative estimate of drug-likeness (QED) is 0.518. The van der Waals surface area contributed by atoms with Crippen molar-refractivity contribution in [2.45, 2.75) is 55.4 Å². The summed E-state index contributed by atoms with van der Waals surface area (Å²) in [6.45, 7) is -0.575. The SMILES string of the molecule is O=C(NCc1cc(N2CCC(OC(F)(F)F)CC2)ncc1F)[C@@H]1C[C@@H](F)CN1S(=O)(=O)c1ccc(F)cc1. The van der Waals surface area contributed by atoms with Gasteiger partial charge in [0.2, 0.25) is 15.9 Å². The van der Waals surface area contributed by atoms with Crippen molar-refractivity contribution in [2.24, 2.45) is 0 Å². The summed E-state index contributed by atoms with van der Waals surface area (Å²) in [6, 6.07) is 3.81. The lowest BCUT2D eigenvalue weighted by molar-refractivity contribution is -0.344. The van der Waals surface area contributed by atoms with Crippen molar-refractivity contribution in [3.8, 4) is 0 Å². The number of benzene rings is 1. The van der Waals surface area contributed by atoms with E-state index in [0.717, 1.165) is 30.5 Å². The van der Waals surface area contributed by atoms with Crippen LogP contribution < -0.4 is 10.2 Å². The van der Waals surface area contributed by atoms with E-state index in [-0.39, 0.29) is 48.8 Å². The molecule has 2 saturated heterocycles. The van der Waals surface area contributed by atoms with Gasteiger partial charge in [-0.1, -0.05) is 0 Å². The average molecular weight is 567 g/mol. The number of pyridine rings is 1. The second kappa shape index (κ2) is 11.1. The van der Waals surface area contributed by atoms with Gasteiger partial charge < -0.3 is 10.2 Å². The Kier molecular flexibility index (Phi) is 8.18. The largest absolute Gasteiger partial charge is 0.522 e. The molecule has 2 aliphatic heterocycles. The van der Waals surface area contributed by atoms with Crippen LogP contribution in [0.1, 0.15) is 24.8 Å². The number of anilines is 1. The zero-order valence-electron chi connectivity index (χ0n) is 19.8. The minimum absolute atomic E-state index is 0.000230. The van der Waals surface area contributed by atoms with Crippen LogP contribution in [0.4, 0.5) is 32.2 Å². The highest BCUT2D eigenvalue weighted by Crippen LogP contribution is 2.29. The van der Waals surface area contributed by atoms with Crippen LogP contribution in [0.2, 0.25) is 0 Å². The molecule has 15 heteroatoms. The van der Waals surface area contributed by atoms with Gasteiger partial charge in [-0.05, 0) is 43.2 Å². The van der Waals surface area contributed by atoms with Crippen LogP contribution in [-0.2, 0) is 26.1 Å². The summed E-state index contributed by atoms with van der Waals surface area (Å²) in [5.41, 5.74) is -0.000230. The number of carbonyl (C=O) groups is 1. The molecular formula is C23H24F6N4O4S. The zero-order chi connectivity index (χ0) is 27.7.